The van der Waals surface area contributed by atoms with Crippen LogP contribution in [0, 0.1) is 0 Å². The highest BCUT2D eigenvalue weighted by Gasteiger charge is 2.03. The lowest BCUT2D eigenvalue weighted by atomic mass is 10.3. The zero-order valence-electron chi connectivity index (χ0n) is 5.05. The molecular weight excluding hydrogens is 132 g/mol. The number of rotatable bonds is 2. The van der Waals surface area contributed by atoms with E-state index in [0.717, 1.165) is 0 Å². The van der Waals surface area contributed by atoms with E-state index in [1.54, 1.807) is 0 Å². The normalized spacial score (nSPS) is 10.3. The highest BCUT2D eigenvalue weighted by molar-refractivity contribution is 5.69. The van der Waals surface area contributed by atoms with Gasteiger partial charge in [-0.25, -0.2) is 0 Å². The molecule has 0 radical (unpaired) electrons. The van der Waals surface area contributed by atoms with Gasteiger partial charge in [-0.3, -0.25) is 4.79 Å². The Balaban J connectivity index is -0.000000245. The number of carbonyl (C=O) groups excluding carboxylic acids is 1. The Morgan fingerprint density at radius 3 is 2.10 bits per heavy atom. The second-order valence-electron chi connectivity index (χ2n) is 1.63. The summed E-state index contributed by atoms with van der Waals surface area (Å²) in [6, 6.07) is 0. The molecule has 1 atom stereocenters. The second-order valence-corrected chi connectivity index (χ2v) is 1.63. The summed E-state index contributed by atoms with van der Waals surface area (Å²) in [5.41, 5.74) is 0. The van der Waals surface area contributed by atoms with Crippen LogP contribution in [0.15, 0.2) is 0 Å². The first-order valence-corrected chi connectivity index (χ1v) is 2.41. The number of aliphatic hydroxyl groups excluding tert-OH is 1. The van der Waals surface area contributed by atoms with Crippen LogP contribution in [0.4, 0.5) is 0 Å². The summed E-state index contributed by atoms with van der Waals surface area (Å²) in [5, 5.41) is 8.55. The van der Waals surface area contributed by atoms with Crippen LogP contribution in [-0.2, 0) is 9.53 Å². The average Bonchev–Trinajstić information content (AvgIpc) is 1.65. The van der Waals surface area contributed by atoms with Crippen LogP contribution in [-0.4, -0.2) is 24.3 Å². The van der Waals surface area contributed by atoms with Crippen LogP contribution in [0.5, 0.6) is 0 Å². The van der Waals surface area contributed by atoms with Gasteiger partial charge in [-0.05, 0) is 6.92 Å². The predicted octanol–water partition coefficient (Wildman–Crippen LogP) is 1.20. The average molecular weight is 150 g/mol. The molecule has 0 fully saturated rings. The maximum absolute atomic E-state index is 10.2. The smallest absolute Gasteiger partial charge is 0.308 e. The molecule has 0 aromatic rings. The number of hydrogen-bond donors (Lipinski definition) is 1. The molecule has 0 aliphatic rings. The van der Waals surface area contributed by atoms with Crippen LogP contribution in [0.3, 0.4) is 0 Å². The zero-order chi connectivity index (χ0) is 6.57. The molecule has 0 spiro atoms. The summed E-state index contributed by atoms with van der Waals surface area (Å²) < 4.78 is 4.26. The predicted molar refractivity (Wildman–Crippen MR) is 41.8 cm³/mol. The van der Waals surface area contributed by atoms with Gasteiger partial charge in [0.05, 0.1) is 19.6 Å². The Morgan fingerprint density at radius 2 is 2.00 bits per heavy atom. The molecule has 0 saturated heterocycles. The summed E-state index contributed by atoms with van der Waals surface area (Å²) in [6.45, 7) is 1.54. The molecule has 0 aromatic heterocycles. The van der Waals surface area contributed by atoms with Gasteiger partial charge in [0.2, 0.25) is 0 Å². The summed E-state index contributed by atoms with van der Waals surface area (Å²) in [7, 11) is 1.30. The molecule has 0 aliphatic heterocycles. The van der Waals surface area contributed by atoms with Crippen LogP contribution in [0.25, 0.3) is 0 Å². The van der Waals surface area contributed by atoms with Gasteiger partial charge in [-0.1, -0.05) is 14.9 Å². The molecule has 64 valence electrons. The Hall–Kier alpha value is -0.570. The van der Waals surface area contributed by atoms with E-state index >= 15 is 0 Å². The summed E-state index contributed by atoms with van der Waals surface area (Å²) in [5.74, 6) is -0.375. The van der Waals surface area contributed by atoms with Crippen LogP contribution in [0.1, 0.15) is 28.2 Å². The Labute approximate surface area is 63.0 Å². The van der Waals surface area contributed by atoms with Crippen LogP contribution >= 0.6 is 0 Å². The van der Waals surface area contributed by atoms with Crippen molar-refractivity contribution in [3.63, 3.8) is 0 Å². The molecule has 0 aliphatic carbocycles. The maximum atomic E-state index is 10.2. The quantitative estimate of drug-likeness (QED) is 0.602. The van der Waals surface area contributed by atoms with Gasteiger partial charge in [-0.15, -0.1) is 0 Å². The zero-order valence-corrected chi connectivity index (χ0v) is 5.05. The highest BCUT2D eigenvalue weighted by atomic mass is 16.5. The summed E-state index contributed by atoms with van der Waals surface area (Å²) >= 11 is 0. The molecule has 0 rings (SSSR count). The molecule has 1 unspecified atom stereocenters. The number of ether oxygens (including phenoxy) is 1. The second kappa shape index (κ2) is 8.43. The number of hydrogen-bond acceptors (Lipinski definition) is 3. The lowest BCUT2D eigenvalue weighted by Crippen LogP contribution is -2.10. The van der Waals surface area contributed by atoms with Gasteiger partial charge in [0, 0.05) is 0 Å². The van der Waals surface area contributed by atoms with Crippen molar-refractivity contribution in [2.75, 3.05) is 7.11 Å². The summed E-state index contributed by atoms with van der Waals surface area (Å²) in [6.07, 6.45) is -0.515. The largest absolute Gasteiger partial charge is 0.469 e. The Kier molecular flexibility index (Phi) is 13.7. The monoisotopic (exact) mass is 150 g/mol. The van der Waals surface area contributed by atoms with Gasteiger partial charge in [0.15, 0.2) is 0 Å². The highest BCUT2D eigenvalue weighted by Crippen LogP contribution is 1.89. The van der Waals surface area contributed by atoms with E-state index < -0.39 is 6.10 Å². The minimum Gasteiger partial charge on any atom is -0.469 e. The van der Waals surface area contributed by atoms with E-state index in [2.05, 4.69) is 4.74 Å². The van der Waals surface area contributed by atoms with E-state index in [1.165, 1.54) is 14.0 Å². The first-order valence-electron chi connectivity index (χ1n) is 2.41. The number of carbonyl (C=O) groups is 1. The fraction of sp³-hybridized carbons (Fsp3) is 0.857. The van der Waals surface area contributed by atoms with Gasteiger partial charge in [0.25, 0.3) is 0 Å². The number of methoxy groups -OCH3 is 1. The molecule has 0 amide bonds. The molecule has 0 heterocycles. The lowest BCUT2D eigenvalue weighted by molar-refractivity contribution is -0.142. The van der Waals surface area contributed by atoms with Gasteiger partial charge in [0.1, 0.15) is 0 Å². The van der Waals surface area contributed by atoms with Gasteiger partial charge >= 0.3 is 5.97 Å². The molecule has 10 heavy (non-hydrogen) atoms. The molecule has 3 heteroatoms. The fourth-order valence-corrected chi connectivity index (χ4v) is 0.325. The molecule has 3 nitrogen and oxygen atoms in total. The van der Waals surface area contributed by atoms with Crippen molar-refractivity contribution in [1.82, 2.24) is 0 Å². The topological polar surface area (TPSA) is 46.5 Å². The van der Waals surface area contributed by atoms with Crippen molar-refractivity contribution in [3.8, 4) is 0 Å². The SMILES string of the molecule is C.C.COC(=O)CC(C)O. The molecule has 1 N–H and O–H groups in total. The van der Waals surface area contributed by atoms with E-state index in [1.807, 2.05) is 0 Å². The Bertz CT molecular complexity index is 78.9. The third kappa shape index (κ3) is 10.4. The van der Waals surface area contributed by atoms with Crippen molar-refractivity contribution in [2.45, 2.75) is 34.3 Å². The lowest BCUT2D eigenvalue weighted by Gasteiger charge is -1.99. The van der Waals surface area contributed by atoms with E-state index in [4.69, 9.17) is 5.11 Å². The van der Waals surface area contributed by atoms with E-state index in [0.29, 0.717) is 0 Å². The van der Waals surface area contributed by atoms with Crippen molar-refractivity contribution in [3.05, 3.63) is 0 Å². The number of esters is 1. The molecule has 0 saturated carbocycles. The van der Waals surface area contributed by atoms with Gasteiger partial charge < -0.3 is 9.84 Å². The molecular formula is C7H18O3. The van der Waals surface area contributed by atoms with Crippen molar-refractivity contribution in [1.29, 1.82) is 0 Å². The van der Waals surface area contributed by atoms with Crippen molar-refractivity contribution in [2.24, 2.45) is 0 Å². The van der Waals surface area contributed by atoms with E-state index in [-0.39, 0.29) is 27.2 Å². The van der Waals surface area contributed by atoms with Gasteiger partial charge in [-0.2, -0.15) is 0 Å². The van der Waals surface area contributed by atoms with Crippen molar-refractivity contribution < 1.29 is 14.6 Å². The Morgan fingerprint density at radius 1 is 1.60 bits per heavy atom. The van der Waals surface area contributed by atoms with E-state index in [9.17, 15) is 4.79 Å². The molecule has 0 bridgehead atoms. The minimum atomic E-state index is -0.595. The first kappa shape index (κ1) is 16.2. The van der Waals surface area contributed by atoms with Crippen LogP contribution in [0.2, 0.25) is 0 Å². The molecule has 0 aromatic carbocycles. The third-order valence-corrected chi connectivity index (χ3v) is 0.690. The third-order valence-electron chi connectivity index (χ3n) is 0.690. The first-order chi connectivity index (χ1) is 3.66. The number of aliphatic hydroxyl groups is 1. The van der Waals surface area contributed by atoms with Crippen LogP contribution < -0.4 is 0 Å². The standard InChI is InChI=1S/C5H10O3.2CH4/c1-4(6)3-5(7)8-2;;/h4,6H,3H2,1-2H3;2*1H4. The summed E-state index contributed by atoms with van der Waals surface area (Å²) in [4.78, 5) is 10.2. The maximum Gasteiger partial charge on any atom is 0.308 e. The van der Waals surface area contributed by atoms with Crippen molar-refractivity contribution >= 4 is 5.97 Å². The minimum absolute atomic E-state index is 0. The fourth-order valence-electron chi connectivity index (χ4n) is 0.325.